The zero-order chi connectivity index (χ0) is 13.3. The maximum absolute atomic E-state index is 12.4. The summed E-state index contributed by atoms with van der Waals surface area (Å²) in [4.78, 5) is 15.3. The van der Waals surface area contributed by atoms with Crippen molar-refractivity contribution in [3.63, 3.8) is 0 Å². The number of amides is 1. The average Bonchev–Trinajstić information content (AvgIpc) is 2.94. The fraction of sp³-hybridized carbons (Fsp3) is 0.643. The number of carbonyl (C=O) groups excluding carboxylic acids is 1. The highest BCUT2D eigenvalue weighted by molar-refractivity contribution is 9.11. The van der Waals surface area contributed by atoms with Gasteiger partial charge < -0.3 is 4.90 Å². The molecule has 0 unspecified atom stereocenters. The van der Waals surface area contributed by atoms with Gasteiger partial charge in [-0.2, -0.15) is 0 Å². The SMILES string of the molecule is CCC1(CC)CCN(C(=O)c2cc(C)c(Br)s2)C1. The maximum atomic E-state index is 12.4. The van der Waals surface area contributed by atoms with Crippen molar-refractivity contribution < 1.29 is 4.79 Å². The largest absolute Gasteiger partial charge is 0.337 e. The van der Waals surface area contributed by atoms with Gasteiger partial charge in [-0.05, 0) is 59.2 Å². The monoisotopic (exact) mass is 329 g/mol. The summed E-state index contributed by atoms with van der Waals surface area (Å²) in [7, 11) is 0. The summed E-state index contributed by atoms with van der Waals surface area (Å²) in [6, 6.07) is 2.00. The van der Waals surface area contributed by atoms with Crippen LogP contribution in [0.1, 0.15) is 48.3 Å². The Morgan fingerprint density at radius 1 is 1.50 bits per heavy atom. The molecular weight excluding hydrogens is 310 g/mol. The fourth-order valence-electron chi connectivity index (χ4n) is 2.66. The number of carbonyl (C=O) groups is 1. The Morgan fingerprint density at radius 2 is 2.17 bits per heavy atom. The van der Waals surface area contributed by atoms with Crippen molar-refractivity contribution >= 4 is 33.2 Å². The predicted octanol–water partition coefficient (Wildman–Crippen LogP) is 4.47. The Kier molecular flexibility index (Phi) is 4.17. The van der Waals surface area contributed by atoms with Crippen molar-refractivity contribution in [2.24, 2.45) is 5.41 Å². The lowest BCUT2D eigenvalue weighted by atomic mass is 9.82. The Balaban J connectivity index is 2.12. The van der Waals surface area contributed by atoms with E-state index in [1.165, 1.54) is 12.8 Å². The average molecular weight is 330 g/mol. The number of thiophene rings is 1. The number of halogens is 1. The molecule has 0 aromatic carbocycles. The molecule has 1 aromatic rings. The molecule has 0 N–H and O–H groups in total. The number of likely N-dealkylation sites (tertiary alicyclic amines) is 1. The molecule has 1 aliphatic rings. The summed E-state index contributed by atoms with van der Waals surface area (Å²) in [6.07, 6.45) is 3.48. The van der Waals surface area contributed by atoms with E-state index in [1.54, 1.807) is 11.3 Å². The molecule has 1 saturated heterocycles. The minimum atomic E-state index is 0.206. The van der Waals surface area contributed by atoms with Crippen molar-refractivity contribution in [3.8, 4) is 0 Å². The van der Waals surface area contributed by atoms with E-state index < -0.39 is 0 Å². The van der Waals surface area contributed by atoms with Crippen LogP contribution >= 0.6 is 27.3 Å². The summed E-state index contributed by atoms with van der Waals surface area (Å²) in [5.41, 5.74) is 1.51. The number of rotatable bonds is 3. The zero-order valence-electron chi connectivity index (χ0n) is 11.3. The topological polar surface area (TPSA) is 20.3 Å². The van der Waals surface area contributed by atoms with Gasteiger partial charge in [0.25, 0.3) is 5.91 Å². The van der Waals surface area contributed by atoms with Crippen LogP contribution in [0.5, 0.6) is 0 Å². The molecule has 1 fully saturated rings. The molecule has 18 heavy (non-hydrogen) atoms. The van der Waals surface area contributed by atoms with E-state index in [9.17, 15) is 4.79 Å². The molecule has 0 atom stereocenters. The quantitative estimate of drug-likeness (QED) is 0.801. The Labute approximate surface area is 122 Å². The molecule has 0 saturated carbocycles. The van der Waals surface area contributed by atoms with E-state index in [0.717, 1.165) is 33.7 Å². The second kappa shape index (κ2) is 5.33. The van der Waals surface area contributed by atoms with Gasteiger partial charge in [0.1, 0.15) is 0 Å². The first-order chi connectivity index (χ1) is 8.51. The van der Waals surface area contributed by atoms with Crippen LogP contribution < -0.4 is 0 Å². The predicted molar refractivity (Wildman–Crippen MR) is 80.3 cm³/mol. The van der Waals surface area contributed by atoms with Gasteiger partial charge in [-0.3, -0.25) is 4.79 Å². The van der Waals surface area contributed by atoms with E-state index in [-0.39, 0.29) is 5.91 Å². The van der Waals surface area contributed by atoms with Gasteiger partial charge in [0.05, 0.1) is 8.66 Å². The van der Waals surface area contributed by atoms with Gasteiger partial charge in [-0.1, -0.05) is 13.8 Å². The van der Waals surface area contributed by atoms with E-state index in [2.05, 4.69) is 29.8 Å². The van der Waals surface area contributed by atoms with Gasteiger partial charge in [0, 0.05) is 13.1 Å². The van der Waals surface area contributed by atoms with Crippen molar-refractivity contribution in [3.05, 3.63) is 20.3 Å². The maximum Gasteiger partial charge on any atom is 0.263 e. The smallest absolute Gasteiger partial charge is 0.263 e. The van der Waals surface area contributed by atoms with Crippen molar-refractivity contribution in [2.45, 2.75) is 40.0 Å². The number of hydrogen-bond donors (Lipinski definition) is 0. The summed E-state index contributed by atoms with van der Waals surface area (Å²) < 4.78 is 1.07. The van der Waals surface area contributed by atoms with Crippen LogP contribution in [-0.4, -0.2) is 23.9 Å². The Bertz CT molecular complexity index is 431. The summed E-state index contributed by atoms with van der Waals surface area (Å²) in [5, 5.41) is 0. The zero-order valence-corrected chi connectivity index (χ0v) is 13.7. The highest BCUT2D eigenvalue weighted by Crippen LogP contribution is 2.38. The normalized spacial score (nSPS) is 18.3. The third kappa shape index (κ3) is 2.50. The second-order valence-electron chi connectivity index (χ2n) is 5.25. The molecule has 0 bridgehead atoms. The van der Waals surface area contributed by atoms with Crippen molar-refractivity contribution in [1.82, 2.24) is 4.90 Å². The Morgan fingerprint density at radius 3 is 2.61 bits per heavy atom. The molecule has 100 valence electrons. The van der Waals surface area contributed by atoms with E-state index in [4.69, 9.17) is 0 Å². The number of nitrogens with zero attached hydrogens (tertiary/aromatic N) is 1. The number of hydrogen-bond acceptors (Lipinski definition) is 2. The lowest BCUT2D eigenvalue weighted by Crippen LogP contribution is -2.31. The van der Waals surface area contributed by atoms with E-state index >= 15 is 0 Å². The van der Waals surface area contributed by atoms with Gasteiger partial charge >= 0.3 is 0 Å². The Hall–Kier alpha value is -0.350. The molecular formula is C14H20BrNOS. The lowest BCUT2D eigenvalue weighted by molar-refractivity contribution is 0.0774. The van der Waals surface area contributed by atoms with Gasteiger partial charge in [-0.25, -0.2) is 0 Å². The second-order valence-corrected chi connectivity index (χ2v) is 7.62. The summed E-state index contributed by atoms with van der Waals surface area (Å²) in [5.74, 6) is 0.206. The van der Waals surface area contributed by atoms with E-state index in [0.29, 0.717) is 5.41 Å². The van der Waals surface area contributed by atoms with Crippen molar-refractivity contribution in [1.29, 1.82) is 0 Å². The van der Waals surface area contributed by atoms with Gasteiger partial charge in [0.2, 0.25) is 0 Å². The molecule has 1 aromatic heterocycles. The first-order valence-electron chi connectivity index (χ1n) is 6.56. The first kappa shape index (κ1) is 14.1. The molecule has 0 radical (unpaired) electrons. The lowest BCUT2D eigenvalue weighted by Gasteiger charge is -2.26. The van der Waals surface area contributed by atoms with E-state index in [1.807, 2.05) is 17.9 Å². The summed E-state index contributed by atoms with van der Waals surface area (Å²) >= 11 is 5.04. The minimum Gasteiger partial charge on any atom is -0.337 e. The van der Waals surface area contributed by atoms with Crippen LogP contribution in [0.4, 0.5) is 0 Å². The molecule has 4 heteroatoms. The molecule has 1 aliphatic heterocycles. The molecule has 1 amide bonds. The van der Waals surface area contributed by atoms with Crippen LogP contribution in [-0.2, 0) is 0 Å². The molecule has 2 nitrogen and oxygen atoms in total. The minimum absolute atomic E-state index is 0.206. The number of aryl methyl sites for hydroxylation is 1. The van der Waals surface area contributed by atoms with Crippen LogP contribution in [0.3, 0.4) is 0 Å². The molecule has 2 heterocycles. The molecule has 0 spiro atoms. The molecule has 0 aliphatic carbocycles. The van der Waals surface area contributed by atoms with Gasteiger partial charge in [0.15, 0.2) is 0 Å². The molecule has 2 rings (SSSR count). The van der Waals surface area contributed by atoms with Crippen LogP contribution in [0.15, 0.2) is 9.85 Å². The summed E-state index contributed by atoms with van der Waals surface area (Å²) in [6.45, 7) is 8.35. The first-order valence-corrected chi connectivity index (χ1v) is 8.17. The van der Waals surface area contributed by atoms with Crippen LogP contribution in [0, 0.1) is 12.3 Å². The highest BCUT2D eigenvalue weighted by atomic mass is 79.9. The fourth-order valence-corrected chi connectivity index (χ4v) is 4.16. The van der Waals surface area contributed by atoms with Crippen molar-refractivity contribution in [2.75, 3.05) is 13.1 Å². The standard InChI is InChI=1S/C14H20BrNOS/c1-4-14(5-2)6-7-16(9-14)13(17)11-8-10(3)12(15)18-11/h8H,4-7,9H2,1-3H3. The van der Waals surface area contributed by atoms with Gasteiger partial charge in [-0.15, -0.1) is 11.3 Å². The highest BCUT2D eigenvalue weighted by Gasteiger charge is 2.37. The third-order valence-electron chi connectivity index (χ3n) is 4.29. The third-order valence-corrected chi connectivity index (χ3v) is 6.42. The van der Waals surface area contributed by atoms with Crippen LogP contribution in [0.25, 0.3) is 0 Å². The van der Waals surface area contributed by atoms with Crippen LogP contribution in [0.2, 0.25) is 0 Å².